The number of nitrogens with one attached hydrogen (secondary N) is 1. The van der Waals surface area contributed by atoms with Crippen LogP contribution in [0.5, 0.6) is 5.75 Å². The number of fused-ring (bicyclic) bond motifs is 1. The van der Waals surface area contributed by atoms with Gasteiger partial charge in [0.2, 0.25) is 0 Å². The van der Waals surface area contributed by atoms with Crippen molar-refractivity contribution in [3.8, 4) is 5.75 Å². The third kappa shape index (κ3) is 17.4. The second kappa shape index (κ2) is 19.1. The molecule has 2 rings (SSSR count). The molecule has 0 bridgehead atoms. The highest BCUT2D eigenvalue weighted by atomic mass is 16.5. The van der Waals surface area contributed by atoms with Gasteiger partial charge in [0.15, 0.2) is 0 Å². The summed E-state index contributed by atoms with van der Waals surface area (Å²) < 4.78 is 5.52. The first-order chi connectivity index (χ1) is 16.7. The van der Waals surface area contributed by atoms with Crippen LogP contribution in [0.4, 0.5) is 5.69 Å². The lowest BCUT2D eigenvalue weighted by Gasteiger charge is -2.31. The molecule has 0 radical (unpaired) electrons. The van der Waals surface area contributed by atoms with Crippen LogP contribution in [0.3, 0.4) is 0 Å². The van der Waals surface area contributed by atoms with Gasteiger partial charge in [-0.25, -0.2) is 9.59 Å². The number of benzene rings is 1. The van der Waals surface area contributed by atoms with Gasteiger partial charge in [0.1, 0.15) is 5.75 Å². The number of carboxylic acids is 2. The minimum absolute atomic E-state index is 0.0320. The molecule has 36 heavy (non-hydrogen) atoms. The maximum Gasteiger partial charge on any atom is 0.330 e. The molecule has 1 aromatic rings. The molecule has 8 nitrogen and oxygen atoms in total. The Hall–Kier alpha value is -3.10. The van der Waals surface area contributed by atoms with Crippen LogP contribution in [0, 0.1) is 0 Å². The summed E-state index contributed by atoms with van der Waals surface area (Å²) >= 11 is 0. The molecular formula is C28H45NO7. The van der Waals surface area contributed by atoms with E-state index in [0.717, 1.165) is 31.4 Å². The standard InChI is InChI=1S/C14H19NO.C6H14O2.2C4H6O2/c1-5-16-11-6-7-13-12(8-11)10(2)9-14(3,4)15-13;7-5-3-1-2-4-6-8;2*1-3(2)4(5)6/h6-9,15H,5H2,1-4H3;7-8H,1-6H2;2*1H2,2H3,(H,5,6). The van der Waals surface area contributed by atoms with E-state index in [1.807, 2.05) is 13.0 Å². The van der Waals surface area contributed by atoms with Crippen molar-refractivity contribution in [2.75, 3.05) is 25.1 Å². The van der Waals surface area contributed by atoms with Gasteiger partial charge in [-0.3, -0.25) is 0 Å². The minimum atomic E-state index is -0.935. The van der Waals surface area contributed by atoms with E-state index in [4.69, 9.17) is 25.2 Å². The van der Waals surface area contributed by atoms with Crippen LogP contribution in [0.1, 0.15) is 72.8 Å². The highest BCUT2D eigenvalue weighted by Crippen LogP contribution is 2.35. The van der Waals surface area contributed by atoms with Crippen LogP contribution < -0.4 is 10.1 Å². The van der Waals surface area contributed by atoms with Crippen LogP contribution in [0.25, 0.3) is 5.57 Å². The number of carbonyl (C=O) groups is 2. The molecule has 0 aromatic heterocycles. The van der Waals surface area contributed by atoms with Crippen molar-refractivity contribution in [1.29, 1.82) is 0 Å². The van der Waals surface area contributed by atoms with E-state index < -0.39 is 11.9 Å². The van der Waals surface area contributed by atoms with Gasteiger partial charge in [-0.15, -0.1) is 0 Å². The maximum absolute atomic E-state index is 9.60. The zero-order valence-corrected chi connectivity index (χ0v) is 22.7. The number of unbranched alkanes of at least 4 members (excludes halogenated alkanes) is 3. The van der Waals surface area contributed by atoms with Gasteiger partial charge in [0.25, 0.3) is 0 Å². The predicted molar refractivity (Wildman–Crippen MR) is 147 cm³/mol. The molecule has 1 heterocycles. The van der Waals surface area contributed by atoms with Crippen molar-refractivity contribution >= 4 is 23.2 Å². The van der Waals surface area contributed by atoms with Gasteiger partial charge in [0.05, 0.1) is 12.1 Å². The smallest absolute Gasteiger partial charge is 0.330 e. The zero-order chi connectivity index (χ0) is 28.3. The first-order valence-corrected chi connectivity index (χ1v) is 12.0. The summed E-state index contributed by atoms with van der Waals surface area (Å²) in [4.78, 5) is 19.2. The third-order valence-corrected chi connectivity index (χ3v) is 4.56. The molecule has 5 N–H and O–H groups in total. The molecule has 0 unspecified atom stereocenters. The number of anilines is 1. The van der Waals surface area contributed by atoms with Gasteiger partial charge < -0.3 is 30.5 Å². The van der Waals surface area contributed by atoms with E-state index in [0.29, 0.717) is 6.61 Å². The molecule has 8 heteroatoms. The van der Waals surface area contributed by atoms with E-state index in [1.165, 1.54) is 30.7 Å². The van der Waals surface area contributed by atoms with Crippen molar-refractivity contribution in [1.82, 2.24) is 0 Å². The quantitative estimate of drug-likeness (QED) is 0.218. The molecular weight excluding hydrogens is 462 g/mol. The predicted octanol–water partition coefficient (Wildman–Crippen LogP) is 5.52. The molecule has 0 fully saturated rings. The largest absolute Gasteiger partial charge is 0.494 e. The average molecular weight is 508 g/mol. The summed E-state index contributed by atoms with van der Waals surface area (Å²) in [6.45, 7) is 19.0. The number of allylic oxidation sites excluding steroid dienone is 1. The average Bonchev–Trinajstić information content (AvgIpc) is 2.78. The summed E-state index contributed by atoms with van der Waals surface area (Å²) in [6.07, 6.45) is 6.08. The number of aliphatic hydroxyl groups excluding tert-OH is 2. The van der Waals surface area contributed by atoms with Gasteiger partial charge in [-0.2, -0.15) is 0 Å². The van der Waals surface area contributed by atoms with E-state index in [-0.39, 0.29) is 29.9 Å². The van der Waals surface area contributed by atoms with Gasteiger partial charge in [-0.1, -0.05) is 32.1 Å². The number of ether oxygens (including phenoxy) is 1. The van der Waals surface area contributed by atoms with Gasteiger partial charge in [0, 0.05) is 35.6 Å². The molecule has 1 aromatic carbocycles. The number of hydrogen-bond donors (Lipinski definition) is 5. The van der Waals surface area contributed by atoms with E-state index in [2.05, 4.69) is 57.5 Å². The molecule has 204 valence electrons. The molecule has 1 aliphatic rings. The summed E-state index contributed by atoms with van der Waals surface area (Å²) in [6, 6.07) is 6.22. The lowest BCUT2D eigenvalue weighted by molar-refractivity contribution is -0.133. The Labute approximate surface area is 216 Å². The fourth-order valence-electron chi connectivity index (χ4n) is 2.79. The summed E-state index contributed by atoms with van der Waals surface area (Å²) in [7, 11) is 0. The number of aliphatic carboxylic acids is 2. The highest BCUT2D eigenvalue weighted by molar-refractivity contribution is 5.85. The van der Waals surface area contributed by atoms with Crippen molar-refractivity contribution in [2.24, 2.45) is 0 Å². The first-order valence-electron chi connectivity index (χ1n) is 12.0. The van der Waals surface area contributed by atoms with Gasteiger partial charge in [-0.05, 0) is 78.2 Å². The minimum Gasteiger partial charge on any atom is -0.494 e. The summed E-state index contributed by atoms with van der Waals surface area (Å²) in [5.41, 5.74) is 4.12. The van der Waals surface area contributed by atoms with Gasteiger partial charge >= 0.3 is 11.9 Å². The molecule has 0 saturated heterocycles. The SMILES string of the molecule is C=C(C)C(=O)O.C=C(C)C(=O)O.CCOc1ccc2c(c1)C(C)=CC(C)(C)N2.OCCCCCCO. The molecule has 1 aliphatic heterocycles. The Morgan fingerprint density at radius 3 is 1.75 bits per heavy atom. The Balaban J connectivity index is 0. The van der Waals surface area contributed by atoms with Crippen LogP contribution in [-0.4, -0.2) is 57.7 Å². The second-order valence-corrected chi connectivity index (χ2v) is 8.85. The maximum atomic E-state index is 9.60. The molecule has 0 saturated carbocycles. The third-order valence-electron chi connectivity index (χ3n) is 4.56. The normalized spacial score (nSPS) is 12.3. The number of rotatable bonds is 9. The second-order valence-electron chi connectivity index (χ2n) is 8.85. The van der Waals surface area contributed by atoms with Crippen LogP contribution >= 0.6 is 0 Å². The fourth-order valence-corrected chi connectivity index (χ4v) is 2.79. The van der Waals surface area contributed by atoms with Crippen molar-refractivity contribution in [3.05, 3.63) is 54.1 Å². The molecule has 0 atom stereocenters. The van der Waals surface area contributed by atoms with Crippen LogP contribution in [-0.2, 0) is 9.59 Å². The van der Waals surface area contributed by atoms with E-state index in [1.54, 1.807) is 0 Å². The van der Waals surface area contributed by atoms with Crippen LogP contribution in [0.15, 0.2) is 48.6 Å². The molecule has 0 spiro atoms. The Bertz CT molecular complexity index is 819. The van der Waals surface area contributed by atoms with E-state index in [9.17, 15) is 9.59 Å². The van der Waals surface area contributed by atoms with Crippen molar-refractivity contribution < 1.29 is 34.8 Å². The Morgan fingerprint density at radius 1 is 0.944 bits per heavy atom. The lowest BCUT2D eigenvalue weighted by atomic mass is 9.91. The molecule has 0 aliphatic carbocycles. The number of aliphatic hydroxyl groups is 2. The Morgan fingerprint density at radius 2 is 1.39 bits per heavy atom. The van der Waals surface area contributed by atoms with Crippen molar-refractivity contribution in [2.45, 2.75) is 72.8 Å². The topological polar surface area (TPSA) is 136 Å². The van der Waals surface area contributed by atoms with E-state index >= 15 is 0 Å². The number of carboxylic acid groups (broad SMARTS) is 2. The summed E-state index contributed by atoms with van der Waals surface area (Å²) in [5, 5.41) is 35.9. The monoisotopic (exact) mass is 507 g/mol. The Kier molecular flexibility index (Phi) is 18.6. The first kappa shape index (κ1) is 35.1. The highest BCUT2D eigenvalue weighted by Gasteiger charge is 2.22. The fraction of sp³-hybridized carbons (Fsp3) is 0.500. The number of hydrogen-bond acceptors (Lipinski definition) is 6. The zero-order valence-electron chi connectivity index (χ0n) is 22.7. The molecule has 0 amide bonds. The summed E-state index contributed by atoms with van der Waals surface area (Å²) in [5.74, 6) is -0.930. The van der Waals surface area contributed by atoms with Crippen LogP contribution in [0.2, 0.25) is 0 Å². The lowest BCUT2D eigenvalue weighted by Crippen LogP contribution is -2.31. The van der Waals surface area contributed by atoms with Crippen molar-refractivity contribution in [3.63, 3.8) is 0 Å².